The van der Waals surface area contributed by atoms with Gasteiger partial charge >= 0.3 is 12.2 Å². The SMILES string of the molecule is CC(C)(C)OC(=O)NCCOc1ccccc1Cl.O=C=O. The molecule has 0 aliphatic carbocycles. The van der Waals surface area contributed by atoms with Crippen LogP contribution in [0.4, 0.5) is 4.79 Å². The van der Waals surface area contributed by atoms with Crippen molar-refractivity contribution in [1.29, 1.82) is 0 Å². The van der Waals surface area contributed by atoms with Gasteiger partial charge in [0.15, 0.2) is 0 Å². The maximum absolute atomic E-state index is 11.3. The molecule has 1 N–H and O–H groups in total. The van der Waals surface area contributed by atoms with Crippen LogP contribution in [0.2, 0.25) is 5.02 Å². The molecule has 1 aromatic rings. The Bertz CT molecular complexity index is 478. The van der Waals surface area contributed by atoms with Crippen molar-refractivity contribution in [1.82, 2.24) is 5.32 Å². The number of ether oxygens (including phenoxy) is 2. The van der Waals surface area contributed by atoms with Gasteiger partial charge in [0.1, 0.15) is 18.0 Å². The largest absolute Gasteiger partial charge is 0.490 e. The normalized spacial score (nSPS) is 9.71. The topological polar surface area (TPSA) is 81.7 Å². The molecule has 6 nitrogen and oxygen atoms in total. The average molecular weight is 316 g/mol. The number of carbonyl (C=O) groups is 1. The highest BCUT2D eigenvalue weighted by Crippen LogP contribution is 2.22. The molecule has 0 aliphatic rings. The van der Waals surface area contributed by atoms with Crippen molar-refractivity contribution < 1.29 is 23.9 Å². The second-order valence-corrected chi connectivity index (χ2v) is 5.20. The van der Waals surface area contributed by atoms with Crippen LogP contribution in [0.1, 0.15) is 20.8 Å². The zero-order valence-corrected chi connectivity index (χ0v) is 12.9. The van der Waals surface area contributed by atoms with E-state index in [0.717, 1.165) is 0 Å². The lowest BCUT2D eigenvalue weighted by Crippen LogP contribution is -2.34. The van der Waals surface area contributed by atoms with Crippen molar-refractivity contribution in [2.45, 2.75) is 26.4 Å². The van der Waals surface area contributed by atoms with E-state index in [-0.39, 0.29) is 6.15 Å². The van der Waals surface area contributed by atoms with Crippen LogP contribution in [0.15, 0.2) is 24.3 Å². The molecule has 0 radical (unpaired) electrons. The van der Waals surface area contributed by atoms with Gasteiger partial charge in [-0.05, 0) is 32.9 Å². The number of hydrogen-bond acceptors (Lipinski definition) is 5. The third-order valence-electron chi connectivity index (χ3n) is 1.86. The summed E-state index contributed by atoms with van der Waals surface area (Å²) >= 11 is 5.92. The molecule has 21 heavy (non-hydrogen) atoms. The standard InChI is InChI=1S/C13H18ClNO3.CO2/c1-13(2,3)18-12(16)15-8-9-17-11-7-5-4-6-10(11)14;2-1-3/h4-7H,8-9H2,1-3H3,(H,15,16);. The molecule has 116 valence electrons. The van der Waals surface area contributed by atoms with Crippen LogP contribution in [0.5, 0.6) is 5.75 Å². The number of hydrogen-bond donors (Lipinski definition) is 1. The molecule has 1 aromatic carbocycles. The smallest absolute Gasteiger partial charge is 0.407 e. The number of rotatable bonds is 4. The molecule has 0 unspecified atom stereocenters. The first kappa shape index (κ1) is 19.0. The predicted octanol–water partition coefficient (Wildman–Crippen LogP) is 2.66. The Labute approximate surface area is 128 Å². The lowest BCUT2D eigenvalue weighted by Gasteiger charge is -2.19. The quantitative estimate of drug-likeness (QED) is 0.864. The Hall–Kier alpha value is -2.04. The van der Waals surface area contributed by atoms with Crippen LogP contribution in [-0.4, -0.2) is 31.0 Å². The fraction of sp³-hybridized carbons (Fsp3) is 0.429. The summed E-state index contributed by atoms with van der Waals surface area (Å²) in [6.07, 6.45) is -0.203. The highest BCUT2D eigenvalue weighted by atomic mass is 35.5. The number of carbonyl (C=O) groups excluding carboxylic acids is 3. The number of nitrogens with one attached hydrogen (secondary N) is 1. The highest BCUT2D eigenvalue weighted by molar-refractivity contribution is 6.32. The summed E-state index contributed by atoms with van der Waals surface area (Å²) in [4.78, 5) is 27.6. The third-order valence-corrected chi connectivity index (χ3v) is 2.18. The van der Waals surface area contributed by atoms with Crippen molar-refractivity contribution in [2.24, 2.45) is 0 Å². The molecule has 1 rings (SSSR count). The summed E-state index contributed by atoms with van der Waals surface area (Å²) in [5.41, 5.74) is -0.492. The van der Waals surface area contributed by atoms with Crippen molar-refractivity contribution in [3.63, 3.8) is 0 Å². The second kappa shape index (κ2) is 9.80. The Balaban J connectivity index is 0.00000122. The van der Waals surface area contributed by atoms with Crippen molar-refractivity contribution in [2.75, 3.05) is 13.2 Å². The molecule has 0 fully saturated rings. The van der Waals surface area contributed by atoms with Crippen LogP contribution >= 0.6 is 11.6 Å². The summed E-state index contributed by atoms with van der Waals surface area (Å²) in [5.74, 6) is 0.602. The fourth-order valence-electron chi connectivity index (χ4n) is 1.19. The minimum absolute atomic E-state index is 0.250. The Morgan fingerprint density at radius 2 is 1.86 bits per heavy atom. The van der Waals surface area contributed by atoms with E-state index in [1.807, 2.05) is 32.9 Å². The number of amides is 1. The van der Waals surface area contributed by atoms with E-state index in [9.17, 15) is 4.79 Å². The zero-order chi connectivity index (χ0) is 16.3. The minimum Gasteiger partial charge on any atom is -0.490 e. The van der Waals surface area contributed by atoms with Crippen LogP contribution < -0.4 is 10.1 Å². The van der Waals surface area contributed by atoms with Gasteiger partial charge < -0.3 is 14.8 Å². The van der Waals surface area contributed by atoms with Crippen LogP contribution in [0.3, 0.4) is 0 Å². The number of halogens is 1. The van der Waals surface area contributed by atoms with Crippen molar-refractivity contribution in [3.05, 3.63) is 29.3 Å². The molecule has 7 heteroatoms. The third kappa shape index (κ3) is 10.4. The molecular weight excluding hydrogens is 298 g/mol. The Kier molecular flexibility index (Phi) is 8.85. The molecule has 0 heterocycles. The van der Waals surface area contributed by atoms with E-state index in [0.29, 0.717) is 23.9 Å². The molecule has 0 atom stereocenters. The summed E-state index contributed by atoms with van der Waals surface area (Å²) in [7, 11) is 0. The van der Waals surface area contributed by atoms with Crippen LogP contribution in [0, 0.1) is 0 Å². The maximum Gasteiger partial charge on any atom is 0.407 e. The first-order valence-electron chi connectivity index (χ1n) is 6.13. The molecule has 0 aliphatic heterocycles. The predicted molar refractivity (Wildman–Crippen MR) is 76.2 cm³/mol. The number of alkyl carbamates (subject to hydrolysis) is 1. The lowest BCUT2D eigenvalue weighted by atomic mass is 10.2. The Morgan fingerprint density at radius 3 is 2.38 bits per heavy atom. The van der Waals surface area contributed by atoms with Gasteiger partial charge in [-0.3, -0.25) is 0 Å². The molecule has 0 saturated heterocycles. The molecule has 0 saturated carbocycles. The van der Waals surface area contributed by atoms with Gasteiger partial charge in [-0.1, -0.05) is 23.7 Å². The lowest BCUT2D eigenvalue weighted by molar-refractivity contribution is -0.191. The minimum atomic E-state index is -0.492. The molecular formula is C14H18ClNO5. The highest BCUT2D eigenvalue weighted by Gasteiger charge is 2.15. The monoisotopic (exact) mass is 315 g/mol. The number of para-hydroxylation sites is 1. The van der Waals surface area contributed by atoms with E-state index in [1.54, 1.807) is 12.1 Å². The molecule has 0 spiro atoms. The van der Waals surface area contributed by atoms with Crippen LogP contribution in [-0.2, 0) is 14.3 Å². The molecule has 1 amide bonds. The van der Waals surface area contributed by atoms with Gasteiger partial charge in [-0.2, -0.15) is 9.59 Å². The summed E-state index contributed by atoms with van der Waals surface area (Å²) in [6.45, 7) is 6.13. The van der Waals surface area contributed by atoms with Crippen molar-refractivity contribution in [3.8, 4) is 5.75 Å². The fourth-order valence-corrected chi connectivity index (χ4v) is 1.38. The maximum atomic E-state index is 11.3. The Morgan fingerprint density at radius 1 is 1.29 bits per heavy atom. The van der Waals surface area contributed by atoms with Gasteiger partial charge in [-0.25, -0.2) is 4.79 Å². The second-order valence-electron chi connectivity index (χ2n) is 4.79. The van der Waals surface area contributed by atoms with Gasteiger partial charge in [0.05, 0.1) is 11.6 Å². The zero-order valence-electron chi connectivity index (χ0n) is 12.1. The van der Waals surface area contributed by atoms with Gasteiger partial charge in [0.2, 0.25) is 0 Å². The van der Waals surface area contributed by atoms with Crippen molar-refractivity contribution >= 4 is 23.8 Å². The first-order valence-corrected chi connectivity index (χ1v) is 6.51. The van der Waals surface area contributed by atoms with E-state index in [4.69, 9.17) is 30.7 Å². The van der Waals surface area contributed by atoms with Gasteiger partial charge in [0.25, 0.3) is 0 Å². The van der Waals surface area contributed by atoms with E-state index >= 15 is 0 Å². The van der Waals surface area contributed by atoms with Gasteiger partial charge in [0, 0.05) is 0 Å². The van der Waals surface area contributed by atoms with E-state index in [1.165, 1.54) is 0 Å². The van der Waals surface area contributed by atoms with E-state index in [2.05, 4.69) is 5.32 Å². The summed E-state index contributed by atoms with van der Waals surface area (Å²) < 4.78 is 10.5. The average Bonchev–Trinajstić information content (AvgIpc) is 2.35. The summed E-state index contributed by atoms with van der Waals surface area (Å²) in [6, 6.07) is 7.19. The molecule has 0 aromatic heterocycles. The number of benzene rings is 1. The van der Waals surface area contributed by atoms with Gasteiger partial charge in [-0.15, -0.1) is 0 Å². The van der Waals surface area contributed by atoms with Crippen LogP contribution in [0.25, 0.3) is 0 Å². The van der Waals surface area contributed by atoms with E-state index < -0.39 is 11.7 Å². The first-order chi connectivity index (χ1) is 9.80. The molecule has 0 bridgehead atoms. The summed E-state index contributed by atoms with van der Waals surface area (Å²) in [5, 5.41) is 3.15.